The number of hydrogen-bond donors (Lipinski definition) is 1. The summed E-state index contributed by atoms with van der Waals surface area (Å²) in [6.07, 6.45) is 5.45. The van der Waals surface area contributed by atoms with Gasteiger partial charge in [0.2, 0.25) is 0 Å². The topological polar surface area (TPSA) is 50.3 Å². The number of aromatic nitrogens is 2. The Balaban J connectivity index is 2.63. The van der Waals surface area contributed by atoms with Gasteiger partial charge in [-0.2, -0.15) is 0 Å². The van der Waals surface area contributed by atoms with Crippen LogP contribution in [0.3, 0.4) is 0 Å². The van der Waals surface area contributed by atoms with Gasteiger partial charge in [-0.15, -0.1) is 6.58 Å². The van der Waals surface area contributed by atoms with Gasteiger partial charge in [0.05, 0.1) is 24.7 Å². The summed E-state index contributed by atoms with van der Waals surface area (Å²) in [4.78, 5) is 10.9. The van der Waals surface area contributed by atoms with Gasteiger partial charge in [-0.25, -0.2) is 4.98 Å². The van der Waals surface area contributed by atoms with Crippen LogP contribution in [0, 0.1) is 0 Å². The molecule has 0 amide bonds. The highest BCUT2D eigenvalue weighted by atomic mass is 16.5. The molecule has 0 unspecified atom stereocenters. The molecule has 1 N–H and O–H groups in total. The van der Waals surface area contributed by atoms with E-state index in [1.165, 1.54) is 0 Å². The fourth-order valence-electron chi connectivity index (χ4n) is 1.51. The number of nitrogens with one attached hydrogen (secondary N) is 1. The third-order valence-corrected chi connectivity index (χ3v) is 2.49. The molecule has 5 heteroatoms. The van der Waals surface area contributed by atoms with Crippen molar-refractivity contribution in [3.63, 3.8) is 0 Å². The summed E-state index contributed by atoms with van der Waals surface area (Å²) in [5.41, 5.74) is 0.950. The van der Waals surface area contributed by atoms with Gasteiger partial charge in [0, 0.05) is 26.7 Å². The summed E-state index contributed by atoms with van der Waals surface area (Å²) >= 11 is 0. The Labute approximate surface area is 109 Å². The maximum atomic E-state index is 5.08. The zero-order valence-corrected chi connectivity index (χ0v) is 11.2. The summed E-state index contributed by atoms with van der Waals surface area (Å²) in [6, 6.07) is 0. The van der Waals surface area contributed by atoms with Crippen LogP contribution in [0.1, 0.15) is 12.6 Å². The predicted octanol–water partition coefficient (Wildman–Crippen LogP) is 1.22. The Kier molecular flexibility index (Phi) is 6.98. The largest absolute Gasteiger partial charge is 0.383 e. The molecule has 100 valence electrons. The molecule has 1 rings (SSSR count). The fourth-order valence-corrected chi connectivity index (χ4v) is 1.51. The van der Waals surface area contributed by atoms with E-state index < -0.39 is 0 Å². The number of hydrogen-bond acceptors (Lipinski definition) is 5. The van der Waals surface area contributed by atoms with Gasteiger partial charge >= 0.3 is 0 Å². The SMILES string of the molecule is C=CCN(CCOC)c1cnc(CNCC)cn1. The molecule has 0 spiro atoms. The second-order valence-electron chi connectivity index (χ2n) is 3.87. The van der Waals surface area contributed by atoms with Gasteiger partial charge in [0.15, 0.2) is 0 Å². The molecule has 5 nitrogen and oxygen atoms in total. The molecule has 0 atom stereocenters. The first-order valence-corrected chi connectivity index (χ1v) is 6.18. The standard InChI is InChI=1S/C13H22N4O/c1-4-6-17(7-8-18-3)13-11-15-12(10-16-13)9-14-5-2/h4,10-11,14H,1,5-9H2,2-3H3. The van der Waals surface area contributed by atoms with Crippen LogP contribution in [0.15, 0.2) is 25.0 Å². The van der Waals surface area contributed by atoms with Crippen LogP contribution < -0.4 is 10.2 Å². The Morgan fingerprint density at radius 1 is 1.44 bits per heavy atom. The molecule has 1 aromatic heterocycles. The van der Waals surface area contributed by atoms with Crippen molar-refractivity contribution in [3.05, 3.63) is 30.7 Å². The minimum absolute atomic E-state index is 0.661. The second kappa shape index (κ2) is 8.60. The highest BCUT2D eigenvalue weighted by Gasteiger charge is 2.06. The summed E-state index contributed by atoms with van der Waals surface area (Å²) < 4.78 is 5.08. The molecule has 0 radical (unpaired) electrons. The molecule has 0 aliphatic heterocycles. The number of anilines is 1. The highest BCUT2D eigenvalue weighted by Crippen LogP contribution is 2.08. The first-order chi connectivity index (χ1) is 8.81. The van der Waals surface area contributed by atoms with E-state index in [2.05, 4.69) is 33.7 Å². The lowest BCUT2D eigenvalue weighted by Crippen LogP contribution is -2.28. The highest BCUT2D eigenvalue weighted by molar-refractivity contribution is 5.36. The molecule has 0 aromatic carbocycles. The average molecular weight is 250 g/mol. The predicted molar refractivity (Wildman–Crippen MR) is 73.7 cm³/mol. The van der Waals surface area contributed by atoms with Crippen molar-refractivity contribution in [2.75, 3.05) is 38.3 Å². The first kappa shape index (κ1) is 14.6. The molecule has 1 heterocycles. The summed E-state index contributed by atoms with van der Waals surface area (Å²) in [6.45, 7) is 9.69. The zero-order chi connectivity index (χ0) is 13.2. The lowest BCUT2D eigenvalue weighted by Gasteiger charge is -2.21. The van der Waals surface area contributed by atoms with Gasteiger partial charge in [0.25, 0.3) is 0 Å². The molecule has 1 aromatic rings. The van der Waals surface area contributed by atoms with Gasteiger partial charge in [-0.05, 0) is 6.54 Å². The van der Waals surface area contributed by atoms with Crippen molar-refractivity contribution in [1.29, 1.82) is 0 Å². The number of ether oxygens (including phenoxy) is 1. The van der Waals surface area contributed by atoms with E-state index >= 15 is 0 Å². The summed E-state index contributed by atoms with van der Waals surface area (Å²) in [5, 5.41) is 3.22. The maximum Gasteiger partial charge on any atom is 0.147 e. The van der Waals surface area contributed by atoms with Crippen LogP contribution >= 0.6 is 0 Å². The van der Waals surface area contributed by atoms with Crippen LogP contribution in [0.2, 0.25) is 0 Å². The average Bonchev–Trinajstić information content (AvgIpc) is 2.42. The third kappa shape index (κ3) is 4.81. The van der Waals surface area contributed by atoms with E-state index in [4.69, 9.17) is 4.74 Å². The van der Waals surface area contributed by atoms with Crippen LogP contribution in [0.25, 0.3) is 0 Å². The van der Waals surface area contributed by atoms with Crippen LogP contribution in [-0.2, 0) is 11.3 Å². The molecular formula is C13H22N4O. The molecule has 0 saturated carbocycles. The molecule has 0 saturated heterocycles. The van der Waals surface area contributed by atoms with E-state index in [-0.39, 0.29) is 0 Å². The fraction of sp³-hybridized carbons (Fsp3) is 0.538. The van der Waals surface area contributed by atoms with E-state index in [0.717, 1.165) is 37.7 Å². The molecular weight excluding hydrogens is 228 g/mol. The lowest BCUT2D eigenvalue weighted by molar-refractivity contribution is 0.205. The van der Waals surface area contributed by atoms with E-state index in [0.29, 0.717) is 6.61 Å². The third-order valence-electron chi connectivity index (χ3n) is 2.49. The van der Waals surface area contributed by atoms with E-state index in [1.54, 1.807) is 19.5 Å². The molecule has 0 bridgehead atoms. The van der Waals surface area contributed by atoms with Gasteiger partial charge in [0.1, 0.15) is 5.82 Å². The van der Waals surface area contributed by atoms with E-state index in [1.807, 2.05) is 6.08 Å². The lowest BCUT2D eigenvalue weighted by atomic mass is 10.4. The quantitative estimate of drug-likeness (QED) is 0.668. The van der Waals surface area contributed by atoms with Crippen molar-refractivity contribution < 1.29 is 4.74 Å². The Morgan fingerprint density at radius 3 is 2.83 bits per heavy atom. The minimum atomic E-state index is 0.661. The van der Waals surface area contributed by atoms with Crippen molar-refractivity contribution in [2.24, 2.45) is 0 Å². The smallest absolute Gasteiger partial charge is 0.147 e. The Bertz CT molecular complexity index is 339. The maximum absolute atomic E-state index is 5.08. The molecule has 0 aliphatic carbocycles. The summed E-state index contributed by atoms with van der Waals surface area (Å²) in [5.74, 6) is 0.854. The van der Waals surface area contributed by atoms with Gasteiger partial charge in [-0.1, -0.05) is 13.0 Å². The van der Waals surface area contributed by atoms with Crippen LogP contribution in [0.4, 0.5) is 5.82 Å². The van der Waals surface area contributed by atoms with Gasteiger partial charge < -0.3 is 15.0 Å². The number of nitrogens with zero attached hydrogens (tertiary/aromatic N) is 3. The monoisotopic (exact) mass is 250 g/mol. The van der Waals surface area contributed by atoms with Crippen molar-refractivity contribution >= 4 is 5.82 Å². The van der Waals surface area contributed by atoms with Crippen molar-refractivity contribution in [1.82, 2.24) is 15.3 Å². The Morgan fingerprint density at radius 2 is 2.28 bits per heavy atom. The molecule has 18 heavy (non-hydrogen) atoms. The van der Waals surface area contributed by atoms with Crippen molar-refractivity contribution in [3.8, 4) is 0 Å². The molecule has 0 aliphatic rings. The zero-order valence-electron chi connectivity index (χ0n) is 11.2. The van der Waals surface area contributed by atoms with Crippen LogP contribution in [-0.4, -0.2) is 43.3 Å². The number of rotatable bonds is 9. The molecule has 0 fully saturated rings. The summed E-state index contributed by atoms with van der Waals surface area (Å²) in [7, 11) is 1.69. The second-order valence-corrected chi connectivity index (χ2v) is 3.87. The normalized spacial score (nSPS) is 10.3. The number of methoxy groups -OCH3 is 1. The van der Waals surface area contributed by atoms with Crippen molar-refractivity contribution in [2.45, 2.75) is 13.5 Å². The minimum Gasteiger partial charge on any atom is -0.383 e. The van der Waals surface area contributed by atoms with Gasteiger partial charge in [-0.3, -0.25) is 4.98 Å². The Hall–Kier alpha value is -1.46. The van der Waals surface area contributed by atoms with E-state index in [9.17, 15) is 0 Å². The van der Waals surface area contributed by atoms with Crippen LogP contribution in [0.5, 0.6) is 0 Å². The first-order valence-electron chi connectivity index (χ1n) is 6.18.